The van der Waals surface area contributed by atoms with Gasteiger partial charge in [0.05, 0.1) is 0 Å². The Labute approximate surface area is 99.1 Å². The van der Waals surface area contributed by atoms with Gasteiger partial charge in [-0.1, -0.05) is 0 Å². The lowest BCUT2D eigenvalue weighted by Crippen LogP contribution is -2.31. The van der Waals surface area contributed by atoms with Gasteiger partial charge in [-0.2, -0.15) is 0 Å². The molecular formula is C12H16F2N2O. The Morgan fingerprint density at radius 2 is 2.06 bits per heavy atom. The molecular weight excluding hydrogens is 226 g/mol. The van der Waals surface area contributed by atoms with Crippen LogP contribution in [0.1, 0.15) is 12.0 Å². The lowest BCUT2D eigenvalue weighted by atomic mass is 10.1. The van der Waals surface area contributed by atoms with Crippen molar-refractivity contribution in [3.05, 3.63) is 29.3 Å². The first kappa shape index (κ1) is 12.3. The highest BCUT2D eigenvalue weighted by molar-refractivity contribution is 5.29. The summed E-state index contributed by atoms with van der Waals surface area (Å²) in [6.07, 6.45) is 1.04. The monoisotopic (exact) mass is 242 g/mol. The van der Waals surface area contributed by atoms with Crippen molar-refractivity contribution in [2.24, 2.45) is 0 Å². The van der Waals surface area contributed by atoms with Gasteiger partial charge < -0.3 is 15.3 Å². The van der Waals surface area contributed by atoms with Gasteiger partial charge in [0, 0.05) is 19.1 Å². The Morgan fingerprint density at radius 1 is 1.41 bits per heavy atom. The van der Waals surface area contributed by atoms with Crippen molar-refractivity contribution in [1.82, 2.24) is 10.2 Å². The number of likely N-dealkylation sites (tertiary alicyclic amines) is 1. The van der Waals surface area contributed by atoms with Crippen molar-refractivity contribution >= 4 is 0 Å². The molecule has 17 heavy (non-hydrogen) atoms. The van der Waals surface area contributed by atoms with Gasteiger partial charge in [0.1, 0.15) is 0 Å². The van der Waals surface area contributed by atoms with Gasteiger partial charge in [-0.15, -0.1) is 0 Å². The first-order valence-electron chi connectivity index (χ1n) is 5.65. The molecule has 2 rings (SSSR count). The zero-order valence-electron chi connectivity index (χ0n) is 9.71. The minimum Gasteiger partial charge on any atom is -0.503 e. The molecule has 1 aromatic rings. The highest BCUT2D eigenvalue weighted by Gasteiger charge is 2.18. The van der Waals surface area contributed by atoms with Crippen molar-refractivity contribution in [3.8, 4) is 5.75 Å². The maximum Gasteiger partial charge on any atom is 0.187 e. The first-order valence-corrected chi connectivity index (χ1v) is 5.65. The molecule has 0 amide bonds. The minimum atomic E-state index is -0.912. The van der Waals surface area contributed by atoms with E-state index in [0.717, 1.165) is 31.6 Å². The highest BCUT2D eigenvalue weighted by atomic mass is 19.1. The molecule has 1 fully saturated rings. The summed E-state index contributed by atoms with van der Waals surface area (Å²) in [4.78, 5) is 2.20. The predicted molar refractivity (Wildman–Crippen MR) is 60.8 cm³/mol. The van der Waals surface area contributed by atoms with Gasteiger partial charge in [-0.25, -0.2) is 8.78 Å². The summed E-state index contributed by atoms with van der Waals surface area (Å²) in [5.74, 6) is -2.73. The van der Waals surface area contributed by atoms with Crippen molar-refractivity contribution in [2.75, 3.05) is 20.1 Å². The summed E-state index contributed by atoms with van der Waals surface area (Å²) in [5, 5.41) is 12.2. The fraction of sp³-hybridized carbons (Fsp3) is 0.500. The largest absolute Gasteiger partial charge is 0.503 e. The van der Waals surface area contributed by atoms with Gasteiger partial charge in [-0.3, -0.25) is 0 Å². The van der Waals surface area contributed by atoms with E-state index in [0.29, 0.717) is 18.2 Å². The number of benzene rings is 1. The summed E-state index contributed by atoms with van der Waals surface area (Å²) in [6, 6.07) is 2.67. The third-order valence-corrected chi connectivity index (χ3v) is 3.06. The van der Waals surface area contributed by atoms with Crippen molar-refractivity contribution in [1.29, 1.82) is 0 Å². The zero-order valence-corrected chi connectivity index (χ0v) is 9.71. The summed E-state index contributed by atoms with van der Waals surface area (Å²) in [6.45, 7) is 2.39. The van der Waals surface area contributed by atoms with E-state index in [2.05, 4.69) is 10.2 Å². The highest BCUT2D eigenvalue weighted by Crippen LogP contribution is 2.21. The maximum atomic E-state index is 13.1. The Morgan fingerprint density at radius 3 is 2.59 bits per heavy atom. The molecule has 0 bridgehead atoms. The quantitative estimate of drug-likeness (QED) is 0.842. The van der Waals surface area contributed by atoms with Crippen LogP contribution in [0, 0.1) is 11.6 Å². The van der Waals surface area contributed by atoms with Gasteiger partial charge >= 0.3 is 0 Å². The molecule has 0 aromatic heterocycles. The number of rotatable bonds is 3. The number of phenolic OH excluding ortho intramolecular Hbond substituents is 1. The van der Waals surface area contributed by atoms with Crippen LogP contribution in [0.5, 0.6) is 5.75 Å². The molecule has 3 nitrogen and oxygen atoms in total. The summed E-state index contributed by atoms with van der Waals surface area (Å²) >= 11 is 0. The predicted octanol–water partition coefficient (Wildman–Crippen LogP) is 1.46. The van der Waals surface area contributed by atoms with Crippen LogP contribution in [0.2, 0.25) is 0 Å². The normalized spacial score (nSPS) is 21.0. The average molecular weight is 242 g/mol. The fourth-order valence-electron chi connectivity index (χ4n) is 2.08. The minimum absolute atomic E-state index is 0.361. The molecule has 5 heteroatoms. The van der Waals surface area contributed by atoms with E-state index in [-0.39, 0.29) is 0 Å². The lowest BCUT2D eigenvalue weighted by molar-refractivity contribution is 0.391. The Kier molecular flexibility index (Phi) is 3.59. The van der Waals surface area contributed by atoms with Gasteiger partial charge in [0.2, 0.25) is 0 Å². The first-order chi connectivity index (χ1) is 8.06. The molecule has 1 aromatic carbocycles. The van der Waals surface area contributed by atoms with Gasteiger partial charge in [0.25, 0.3) is 0 Å². The number of hydrogen-bond donors (Lipinski definition) is 2. The third-order valence-electron chi connectivity index (χ3n) is 3.06. The van der Waals surface area contributed by atoms with Crippen molar-refractivity contribution in [3.63, 3.8) is 0 Å². The smallest absolute Gasteiger partial charge is 0.187 e. The second-order valence-corrected chi connectivity index (χ2v) is 4.54. The van der Waals surface area contributed by atoms with E-state index < -0.39 is 17.4 Å². The van der Waals surface area contributed by atoms with Crippen LogP contribution >= 0.6 is 0 Å². The second kappa shape index (κ2) is 4.98. The molecule has 0 saturated carbocycles. The molecule has 2 N–H and O–H groups in total. The maximum absolute atomic E-state index is 13.1. The molecule has 1 aliphatic heterocycles. The van der Waals surface area contributed by atoms with Gasteiger partial charge in [0.15, 0.2) is 17.4 Å². The molecule has 1 unspecified atom stereocenters. The van der Waals surface area contributed by atoms with Crippen molar-refractivity contribution < 1.29 is 13.9 Å². The zero-order chi connectivity index (χ0) is 12.4. The van der Waals surface area contributed by atoms with E-state index in [1.54, 1.807) is 0 Å². The van der Waals surface area contributed by atoms with Gasteiger partial charge in [-0.05, 0) is 37.7 Å². The van der Waals surface area contributed by atoms with Crippen LogP contribution < -0.4 is 5.32 Å². The number of nitrogens with one attached hydrogen (secondary N) is 1. The van der Waals surface area contributed by atoms with E-state index in [1.807, 2.05) is 7.05 Å². The standard InChI is InChI=1S/C12H16F2N2O/c1-16-3-2-9(7-16)15-6-8-4-10(13)12(17)11(14)5-8/h4-5,9,15,17H,2-3,6-7H2,1H3. The molecule has 1 saturated heterocycles. The molecule has 1 heterocycles. The third kappa shape index (κ3) is 2.92. The Hall–Kier alpha value is -1.20. The number of aromatic hydroxyl groups is 1. The Bertz CT molecular complexity index is 388. The number of likely N-dealkylation sites (N-methyl/N-ethyl adjacent to an activating group) is 1. The van der Waals surface area contributed by atoms with E-state index in [1.165, 1.54) is 0 Å². The number of halogens is 2. The molecule has 0 radical (unpaired) electrons. The second-order valence-electron chi connectivity index (χ2n) is 4.54. The molecule has 1 aliphatic rings. The van der Waals surface area contributed by atoms with E-state index in [9.17, 15) is 8.78 Å². The van der Waals surface area contributed by atoms with E-state index >= 15 is 0 Å². The van der Waals surface area contributed by atoms with Crippen LogP contribution in [0.15, 0.2) is 12.1 Å². The Balaban J connectivity index is 1.95. The molecule has 0 aliphatic carbocycles. The van der Waals surface area contributed by atoms with Crippen LogP contribution in [0.25, 0.3) is 0 Å². The molecule has 94 valence electrons. The van der Waals surface area contributed by atoms with E-state index in [4.69, 9.17) is 5.11 Å². The SMILES string of the molecule is CN1CCC(NCc2cc(F)c(O)c(F)c2)C1. The fourth-order valence-corrected chi connectivity index (χ4v) is 2.08. The summed E-state index contributed by atoms with van der Waals surface area (Å²) < 4.78 is 26.2. The topological polar surface area (TPSA) is 35.5 Å². The van der Waals surface area contributed by atoms with Crippen LogP contribution in [0.3, 0.4) is 0 Å². The summed E-state index contributed by atoms with van der Waals surface area (Å²) in [7, 11) is 2.04. The number of nitrogens with zero attached hydrogens (tertiary/aromatic N) is 1. The number of phenols is 1. The van der Waals surface area contributed by atoms with Crippen molar-refractivity contribution in [2.45, 2.75) is 19.0 Å². The average Bonchev–Trinajstić information content (AvgIpc) is 2.69. The summed E-state index contributed by atoms with van der Waals surface area (Å²) in [5.41, 5.74) is 0.507. The van der Waals surface area contributed by atoms with Crippen LogP contribution in [-0.2, 0) is 6.54 Å². The lowest BCUT2D eigenvalue weighted by Gasteiger charge is -2.13. The molecule has 0 spiro atoms. The van der Waals surface area contributed by atoms with Crippen LogP contribution in [-0.4, -0.2) is 36.2 Å². The molecule has 1 atom stereocenters. The number of hydrogen-bond acceptors (Lipinski definition) is 3. The van der Waals surface area contributed by atoms with Crippen LogP contribution in [0.4, 0.5) is 8.78 Å².